The van der Waals surface area contributed by atoms with Crippen molar-refractivity contribution in [2.24, 2.45) is 0 Å². The molecule has 144 valence electrons. The Kier molecular flexibility index (Phi) is 6.57. The Morgan fingerprint density at radius 1 is 1.04 bits per heavy atom. The normalized spacial score (nSPS) is 11.1. The van der Waals surface area contributed by atoms with Crippen molar-refractivity contribution in [3.63, 3.8) is 0 Å². The molecule has 3 N–H and O–H groups in total. The van der Waals surface area contributed by atoms with Crippen LogP contribution in [0.4, 0.5) is 5.69 Å². The monoisotopic (exact) mass is 389 g/mol. The zero-order chi connectivity index (χ0) is 20.0. The molecule has 2 amide bonds. The van der Waals surface area contributed by atoms with Crippen LogP contribution in [0.25, 0.3) is 0 Å². The van der Waals surface area contributed by atoms with Gasteiger partial charge in [-0.3, -0.25) is 14.3 Å². The first-order chi connectivity index (χ1) is 12.7. The van der Waals surface area contributed by atoms with E-state index < -0.39 is 15.9 Å². The summed E-state index contributed by atoms with van der Waals surface area (Å²) in [5.74, 6) is -0.843. The van der Waals surface area contributed by atoms with E-state index in [0.29, 0.717) is 5.69 Å². The molecular weight excluding hydrogens is 366 g/mol. The average Bonchev–Trinajstić information content (AvgIpc) is 2.59. The minimum Gasteiger partial charge on any atom is -0.352 e. The van der Waals surface area contributed by atoms with E-state index in [1.165, 1.54) is 24.3 Å². The lowest BCUT2D eigenvalue weighted by Crippen LogP contribution is -2.39. The summed E-state index contributed by atoms with van der Waals surface area (Å²) in [6, 6.07) is 12.6. The maximum absolute atomic E-state index is 12.6. The second-order valence-corrected chi connectivity index (χ2v) is 8.09. The van der Waals surface area contributed by atoms with Gasteiger partial charge in [-0.05, 0) is 56.7 Å². The summed E-state index contributed by atoms with van der Waals surface area (Å²) >= 11 is 0. The van der Waals surface area contributed by atoms with Gasteiger partial charge in [-0.2, -0.15) is 0 Å². The van der Waals surface area contributed by atoms with Gasteiger partial charge in [-0.25, -0.2) is 8.42 Å². The SMILES string of the molecule is Cc1cccc(NS(=O)(=O)c2cccc(C(=O)NCC(=O)NC(C)C)c2)c1. The van der Waals surface area contributed by atoms with Crippen LogP contribution in [0.15, 0.2) is 53.4 Å². The third-order valence-electron chi connectivity index (χ3n) is 3.54. The highest BCUT2D eigenvalue weighted by Gasteiger charge is 2.17. The van der Waals surface area contributed by atoms with Crippen LogP contribution in [-0.4, -0.2) is 32.8 Å². The molecule has 0 heterocycles. The Hall–Kier alpha value is -2.87. The van der Waals surface area contributed by atoms with Gasteiger partial charge in [0.15, 0.2) is 0 Å². The molecule has 2 aromatic carbocycles. The molecule has 0 fully saturated rings. The topological polar surface area (TPSA) is 104 Å². The second kappa shape index (κ2) is 8.68. The average molecular weight is 389 g/mol. The molecule has 2 rings (SSSR count). The van der Waals surface area contributed by atoms with Gasteiger partial charge in [-0.1, -0.05) is 18.2 Å². The van der Waals surface area contributed by atoms with Crippen LogP contribution in [-0.2, 0) is 14.8 Å². The predicted octanol–water partition coefficient (Wildman–Crippen LogP) is 2.05. The van der Waals surface area contributed by atoms with Gasteiger partial charge in [-0.15, -0.1) is 0 Å². The first-order valence-corrected chi connectivity index (χ1v) is 9.93. The number of amides is 2. The molecule has 0 saturated carbocycles. The van der Waals surface area contributed by atoms with Gasteiger partial charge < -0.3 is 10.6 Å². The van der Waals surface area contributed by atoms with Gasteiger partial charge in [0.25, 0.3) is 15.9 Å². The predicted molar refractivity (Wildman–Crippen MR) is 104 cm³/mol. The molecule has 0 aliphatic rings. The molecule has 0 radical (unpaired) electrons. The fraction of sp³-hybridized carbons (Fsp3) is 0.263. The lowest BCUT2D eigenvalue weighted by Gasteiger charge is -2.11. The molecule has 0 aromatic heterocycles. The number of benzene rings is 2. The number of nitrogens with one attached hydrogen (secondary N) is 3. The summed E-state index contributed by atoms with van der Waals surface area (Å²) < 4.78 is 27.6. The van der Waals surface area contributed by atoms with E-state index in [-0.39, 0.29) is 29.0 Å². The number of carbonyl (C=O) groups is 2. The van der Waals surface area contributed by atoms with Crippen molar-refractivity contribution in [3.8, 4) is 0 Å². The molecular formula is C19H23N3O4S. The van der Waals surface area contributed by atoms with Gasteiger partial charge in [0, 0.05) is 17.3 Å². The summed E-state index contributed by atoms with van der Waals surface area (Å²) in [4.78, 5) is 23.8. The zero-order valence-electron chi connectivity index (χ0n) is 15.4. The number of hydrogen-bond acceptors (Lipinski definition) is 4. The fourth-order valence-corrected chi connectivity index (χ4v) is 3.46. The van der Waals surface area contributed by atoms with E-state index in [4.69, 9.17) is 0 Å². The number of hydrogen-bond donors (Lipinski definition) is 3. The van der Waals surface area contributed by atoms with Crippen molar-refractivity contribution in [2.75, 3.05) is 11.3 Å². The standard InChI is InChI=1S/C19H23N3O4S/c1-13(2)21-18(23)12-20-19(24)15-7-5-9-17(11-15)27(25,26)22-16-8-4-6-14(3)10-16/h4-11,13,22H,12H2,1-3H3,(H,20,24)(H,21,23). The Bertz CT molecular complexity index is 939. The number of rotatable bonds is 7. The van der Waals surface area contributed by atoms with Gasteiger partial charge >= 0.3 is 0 Å². The number of carbonyl (C=O) groups excluding carboxylic acids is 2. The highest BCUT2D eigenvalue weighted by molar-refractivity contribution is 7.92. The Labute approximate surface area is 159 Å². The molecule has 0 bridgehead atoms. The lowest BCUT2D eigenvalue weighted by molar-refractivity contribution is -0.120. The third kappa shape index (κ3) is 6.10. The Morgan fingerprint density at radius 2 is 1.74 bits per heavy atom. The van der Waals surface area contributed by atoms with Crippen LogP contribution in [0.3, 0.4) is 0 Å². The maximum Gasteiger partial charge on any atom is 0.261 e. The third-order valence-corrected chi connectivity index (χ3v) is 4.91. The van der Waals surface area contributed by atoms with E-state index >= 15 is 0 Å². The summed E-state index contributed by atoms with van der Waals surface area (Å²) in [6.45, 7) is 5.30. The van der Waals surface area contributed by atoms with Crippen LogP contribution in [0.5, 0.6) is 0 Å². The van der Waals surface area contributed by atoms with Crippen LogP contribution in [0.2, 0.25) is 0 Å². The highest BCUT2D eigenvalue weighted by Crippen LogP contribution is 2.18. The molecule has 0 atom stereocenters. The molecule has 27 heavy (non-hydrogen) atoms. The van der Waals surface area contributed by atoms with Crippen LogP contribution in [0, 0.1) is 6.92 Å². The van der Waals surface area contributed by atoms with Crippen molar-refractivity contribution < 1.29 is 18.0 Å². The minimum atomic E-state index is -3.84. The molecule has 0 saturated heterocycles. The zero-order valence-corrected chi connectivity index (χ0v) is 16.3. The molecule has 0 spiro atoms. The van der Waals surface area contributed by atoms with Crippen LogP contribution >= 0.6 is 0 Å². The largest absolute Gasteiger partial charge is 0.352 e. The summed E-state index contributed by atoms with van der Waals surface area (Å²) in [6.07, 6.45) is 0. The van der Waals surface area contributed by atoms with Crippen molar-refractivity contribution in [2.45, 2.75) is 31.7 Å². The lowest BCUT2D eigenvalue weighted by atomic mass is 10.2. The summed E-state index contributed by atoms with van der Waals surface area (Å²) in [7, 11) is -3.84. The Balaban J connectivity index is 2.11. The van der Waals surface area contributed by atoms with Gasteiger partial charge in [0.1, 0.15) is 0 Å². The highest BCUT2D eigenvalue weighted by atomic mass is 32.2. The van der Waals surface area contributed by atoms with Crippen molar-refractivity contribution in [1.29, 1.82) is 0 Å². The number of aryl methyl sites for hydroxylation is 1. The van der Waals surface area contributed by atoms with Crippen molar-refractivity contribution >= 4 is 27.5 Å². The van der Waals surface area contributed by atoms with E-state index in [1.807, 2.05) is 26.8 Å². The van der Waals surface area contributed by atoms with E-state index in [9.17, 15) is 18.0 Å². The molecule has 0 aliphatic carbocycles. The smallest absolute Gasteiger partial charge is 0.261 e. The number of anilines is 1. The second-order valence-electron chi connectivity index (χ2n) is 6.41. The molecule has 0 aliphatic heterocycles. The van der Waals surface area contributed by atoms with Gasteiger partial charge in [0.2, 0.25) is 5.91 Å². The van der Waals surface area contributed by atoms with E-state index in [2.05, 4.69) is 15.4 Å². The molecule has 8 heteroatoms. The van der Waals surface area contributed by atoms with Gasteiger partial charge in [0.05, 0.1) is 11.4 Å². The summed E-state index contributed by atoms with van der Waals surface area (Å²) in [5.41, 5.74) is 1.51. The number of sulfonamides is 1. The molecule has 7 nitrogen and oxygen atoms in total. The maximum atomic E-state index is 12.6. The minimum absolute atomic E-state index is 0.0319. The quantitative estimate of drug-likeness (QED) is 0.674. The molecule has 2 aromatic rings. The summed E-state index contributed by atoms with van der Waals surface area (Å²) in [5, 5.41) is 5.13. The van der Waals surface area contributed by atoms with Crippen molar-refractivity contribution in [3.05, 3.63) is 59.7 Å². The van der Waals surface area contributed by atoms with E-state index in [0.717, 1.165) is 5.56 Å². The Morgan fingerprint density at radius 3 is 2.41 bits per heavy atom. The van der Waals surface area contributed by atoms with E-state index in [1.54, 1.807) is 18.2 Å². The first-order valence-electron chi connectivity index (χ1n) is 8.44. The fourth-order valence-electron chi connectivity index (χ4n) is 2.36. The first kappa shape index (κ1) is 20.4. The van der Waals surface area contributed by atoms with Crippen molar-refractivity contribution in [1.82, 2.24) is 10.6 Å². The van der Waals surface area contributed by atoms with Crippen LogP contribution in [0.1, 0.15) is 29.8 Å². The van der Waals surface area contributed by atoms with Crippen LogP contribution < -0.4 is 15.4 Å². The molecule has 0 unspecified atom stereocenters.